The van der Waals surface area contributed by atoms with Crippen molar-refractivity contribution in [2.24, 2.45) is 5.92 Å². The Bertz CT molecular complexity index is 337. The van der Waals surface area contributed by atoms with Crippen LogP contribution in [0.1, 0.15) is 34.6 Å². The van der Waals surface area contributed by atoms with Gasteiger partial charge in [-0.15, -0.1) is 0 Å². The van der Waals surface area contributed by atoms with Gasteiger partial charge in [0, 0.05) is 5.92 Å². The number of carbonyl (C=O) groups is 2. The fourth-order valence-corrected chi connectivity index (χ4v) is 1.11. The van der Waals surface area contributed by atoms with Gasteiger partial charge in [0.25, 0.3) is 5.92 Å². The number of carboxylic acid groups (broad SMARTS) is 1. The topological polar surface area (TPSA) is 66.8 Å². The maximum atomic E-state index is 13.6. The first-order valence-corrected chi connectivity index (χ1v) is 5.92. The lowest BCUT2D eigenvalue weighted by molar-refractivity contribution is -0.140. The van der Waals surface area contributed by atoms with Crippen molar-refractivity contribution < 1.29 is 28.2 Å². The molecule has 0 aromatic rings. The smallest absolute Gasteiger partial charge is 0.411 e. The van der Waals surface area contributed by atoms with Gasteiger partial charge >= 0.3 is 12.1 Å². The lowest BCUT2D eigenvalue weighted by Crippen LogP contribution is -2.47. The summed E-state index contributed by atoms with van der Waals surface area (Å²) in [5, 5.41) is 8.67. The molecule has 0 radical (unpaired) electrons. The van der Waals surface area contributed by atoms with Crippen molar-refractivity contribution in [1.29, 1.82) is 0 Å². The highest BCUT2D eigenvalue weighted by Crippen LogP contribution is 2.25. The Balaban J connectivity index is 4.92. The average Bonchev–Trinajstić information content (AvgIpc) is 2.12. The zero-order chi connectivity index (χ0) is 15.4. The van der Waals surface area contributed by atoms with Crippen LogP contribution in [0, 0.1) is 5.92 Å². The summed E-state index contributed by atoms with van der Waals surface area (Å²) in [6.45, 7) is 5.52. The number of rotatable bonds is 5. The summed E-state index contributed by atoms with van der Waals surface area (Å²) < 4.78 is 32.1. The molecule has 0 atom stereocenters. The van der Waals surface area contributed by atoms with E-state index in [1.165, 1.54) is 13.8 Å². The number of carboxylic acids is 1. The number of carbonyl (C=O) groups excluding carboxylic acids is 1. The van der Waals surface area contributed by atoms with Gasteiger partial charge in [-0.25, -0.2) is 13.6 Å². The third-order valence-electron chi connectivity index (χ3n) is 2.22. The molecule has 112 valence electrons. The van der Waals surface area contributed by atoms with E-state index < -0.39 is 42.6 Å². The average molecular weight is 281 g/mol. The Morgan fingerprint density at radius 3 is 2.05 bits per heavy atom. The van der Waals surface area contributed by atoms with E-state index in [1.807, 2.05) is 0 Å². The minimum atomic E-state index is -3.17. The van der Waals surface area contributed by atoms with Gasteiger partial charge in [-0.3, -0.25) is 9.69 Å². The predicted octanol–water partition coefficient (Wildman–Crippen LogP) is 2.60. The third kappa shape index (κ3) is 6.93. The van der Waals surface area contributed by atoms with Crippen molar-refractivity contribution in [3.8, 4) is 0 Å². The van der Waals surface area contributed by atoms with Crippen LogP contribution >= 0.6 is 0 Å². The van der Waals surface area contributed by atoms with Crippen molar-refractivity contribution in [2.45, 2.75) is 46.1 Å². The molecule has 0 fully saturated rings. The summed E-state index contributed by atoms with van der Waals surface area (Å²) in [5.41, 5.74) is -0.874. The van der Waals surface area contributed by atoms with E-state index in [1.54, 1.807) is 20.8 Å². The summed E-state index contributed by atoms with van der Waals surface area (Å²) in [5.74, 6) is -5.55. The number of aliphatic carboxylic acids is 1. The number of alkyl halides is 2. The van der Waals surface area contributed by atoms with Crippen molar-refractivity contribution in [3.05, 3.63) is 0 Å². The van der Waals surface area contributed by atoms with Crippen molar-refractivity contribution in [3.63, 3.8) is 0 Å². The van der Waals surface area contributed by atoms with E-state index in [4.69, 9.17) is 9.84 Å². The zero-order valence-corrected chi connectivity index (χ0v) is 11.9. The zero-order valence-electron chi connectivity index (χ0n) is 11.9. The number of hydrogen-bond donors (Lipinski definition) is 1. The maximum absolute atomic E-state index is 13.6. The fourth-order valence-electron chi connectivity index (χ4n) is 1.11. The number of amides is 1. The van der Waals surface area contributed by atoms with E-state index >= 15 is 0 Å². The van der Waals surface area contributed by atoms with Crippen LogP contribution in [0.25, 0.3) is 0 Å². The van der Waals surface area contributed by atoms with E-state index in [0.717, 1.165) is 0 Å². The van der Waals surface area contributed by atoms with E-state index in [9.17, 15) is 18.4 Å². The molecule has 0 aromatic heterocycles. The molecule has 0 saturated carbocycles. The van der Waals surface area contributed by atoms with Crippen LogP contribution in [0.4, 0.5) is 13.6 Å². The molecule has 0 aromatic carbocycles. The summed E-state index contributed by atoms with van der Waals surface area (Å²) >= 11 is 0. The molecule has 0 rings (SSSR count). The molecule has 0 unspecified atom stereocenters. The van der Waals surface area contributed by atoms with Crippen LogP contribution in [-0.2, 0) is 9.53 Å². The lowest BCUT2D eigenvalue weighted by Gasteiger charge is -2.30. The number of halogens is 2. The maximum Gasteiger partial charge on any atom is 0.411 e. The monoisotopic (exact) mass is 281 g/mol. The van der Waals surface area contributed by atoms with Crippen molar-refractivity contribution >= 4 is 12.1 Å². The van der Waals surface area contributed by atoms with Gasteiger partial charge in [-0.1, -0.05) is 13.8 Å². The van der Waals surface area contributed by atoms with Gasteiger partial charge in [0.15, 0.2) is 0 Å². The second kappa shape index (κ2) is 6.16. The van der Waals surface area contributed by atoms with Gasteiger partial charge in [-0.2, -0.15) is 0 Å². The van der Waals surface area contributed by atoms with Crippen LogP contribution in [0.2, 0.25) is 0 Å². The van der Waals surface area contributed by atoms with E-state index in [0.29, 0.717) is 4.90 Å². The molecule has 1 amide bonds. The first-order valence-electron chi connectivity index (χ1n) is 5.92. The highest BCUT2D eigenvalue weighted by Gasteiger charge is 2.38. The first-order chi connectivity index (χ1) is 8.35. The SMILES string of the molecule is CC(C)C(F)(F)CN(CC(=O)O)C(=O)OC(C)(C)C. The fraction of sp³-hybridized carbons (Fsp3) is 0.833. The van der Waals surface area contributed by atoms with Crippen LogP contribution in [0.3, 0.4) is 0 Å². The summed E-state index contributed by atoms with van der Waals surface area (Å²) in [6.07, 6.45) is -1.06. The molecule has 0 aliphatic carbocycles. The molecule has 0 bridgehead atoms. The van der Waals surface area contributed by atoms with Gasteiger partial charge in [0.1, 0.15) is 12.1 Å². The molecule has 0 saturated heterocycles. The Morgan fingerprint density at radius 2 is 1.74 bits per heavy atom. The molecule has 1 N–H and O–H groups in total. The number of hydrogen-bond acceptors (Lipinski definition) is 3. The van der Waals surface area contributed by atoms with E-state index in [2.05, 4.69) is 0 Å². The number of nitrogens with zero attached hydrogens (tertiary/aromatic N) is 1. The minimum absolute atomic E-state index is 0.508. The predicted molar refractivity (Wildman–Crippen MR) is 65.2 cm³/mol. The quantitative estimate of drug-likeness (QED) is 0.841. The highest BCUT2D eigenvalue weighted by atomic mass is 19.3. The second-order valence-electron chi connectivity index (χ2n) is 5.65. The Labute approximate surface area is 111 Å². The molecule has 19 heavy (non-hydrogen) atoms. The Hall–Kier alpha value is -1.40. The van der Waals surface area contributed by atoms with Gasteiger partial charge in [0.2, 0.25) is 0 Å². The molecule has 7 heteroatoms. The van der Waals surface area contributed by atoms with Crippen molar-refractivity contribution in [2.75, 3.05) is 13.1 Å². The minimum Gasteiger partial charge on any atom is -0.480 e. The van der Waals surface area contributed by atoms with Crippen LogP contribution < -0.4 is 0 Å². The normalized spacial score (nSPS) is 12.4. The molecule has 0 aliphatic heterocycles. The standard InChI is InChI=1S/C12H21F2NO4/c1-8(2)12(13,14)7-15(6-9(16)17)10(18)19-11(3,4)5/h8H,6-7H2,1-5H3,(H,16,17). The third-order valence-corrected chi connectivity index (χ3v) is 2.22. The molecule has 0 aliphatic rings. The van der Waals surface area contributed by atoms with E-state index in [-0.39, 0.29) is 0 Å². The highest BCUT2D eigenvalue weighted by molar-refractivity contribution is 5.77. The van der Waals surface area contributed by atoms with Crippen LogP contribution in [0.5, 0.6) is 0 Å². The lowest BCUT2D eigenvalue weighted by atomic mass is 10.1. The second-order valence-corrected chi connectivity index (χ2v) is 5.65. The molecular formula is C12H21F2NO4. The Morgan fingerprint density at radius 1 is 1.26 bits per heavy atom. The summed E-state index contributed by atoms with van der Waals surface area (Å²) in [6, 6.07) is 0. The first kappa shape index (κ1) is 17.6. The van der Waals surface area contributed by atoms with Gasteiger partial charge < -0.3 is 9.84 Å². The van der Waals surface area contributed by atoms with Gasteiger partial charge in [-0.05, 0) is 20.8 Å². The van der Waals surface area contributed by atoms with Crippen LogP contribution in [-0.4, -0.2) is 46.7 Å². The largest absolute Gasteiger partial charge is 0.480 e. The summed E-state index contributed by atoms with van der Waals surface area (Å²) in [7, 11) is 0. The molecular weight excluding hydrogens is 260 g/mol. The molecule has 5 nitrogen and oxygen atoms in total. The van der Waals surface area contributed by atoms with Gasteiger partial charge in [0.05, 0.1) is 6.54 Å². The Kier molecular flexibility index (Phi) is 5.71. The number of ether oxygens (including phenoxy) is 1. The van der Waals surface area contributed by atoms with Crippen LogP contribution in [0.15, 0.2) is 0 Å². The summed E-state index contributed by atoms with van der Waals surface area (Å²) in [4.78, 5) is 22.9. The van der Waals surface area contributed by atoms with Crippen molar-refractivity contribution in [1.82, 2.24) is 4.90 Å². The molecule has 0 heterocycles. The molecule has 0 spiro atoms.